The average Bonchev–Trinajstić information content (AvgIpc) is 3.59. The molecule has 3 fully saturated rings. The molecule has 2 aromatic heterocycles. The summed E-state index contributed by atoms with van der Waals surface area (Å²) in [6, 6.07) is 8.69. The first-order valence-electron chi connectivity index (χ1n) is 13.4. The van der Waals surface area contributed by atoms with Gasteiger partial charge in [-0.05, 0) is 18.6 Å². The molecule has 1 aromatic carbocycles. The van der Waals surface area contributed by atoms with Gasteiger partial charge in [0.2, 0.25) is 11.9 Å². The SMILES string of the molecule is O=C(CN1CCOCC1)N1CC[C@H](Nc2cc(-n3c(C(F)F)nc4ccccc43)nc(N3CCOCC3)n2)C1. The summed E-state index contributed by atoms with van der Waals surface area (Å²) < 4.78 is 40.5. The lowest BCUT2D eigenvalue weighted by Gasteiger charge is -2.28. The number of para-hydroxylation sites is 2. The van der Waals surface area contributed by atoms with Crippen LogP contribution in [-0.4, -0.2) is 114 Å². The molecular formula is C26H32F2N8O3. The highest BCUT2D eigenvalue weighted by atomic mass is 19.3. The summed E-state index contributed by atoms with van der Waals surface area (Å²) in [5.41, 5.74) is 1.02. The smallest absolute Gasteiger partial charge is 0.296 e. The van der Waals surface area contributed by atoms with Crippen molar-refractivity contribution in [3.8, 4) is 5.82 Å². The van der Waals surface area contributed by atoms with Crippen LogP contribution in [0.15, 0.2) is 30.3 Å². The molecule has 39 heavy (non-hydrogen) atoms. The number of amides is 1. The van der Waals surface area contributed by atoms with E-state index < -0.39 is 6.43 Å². The second-order valence-electron chi connectivity index (χ2n) is 9.96. The molecule has 0 spiro atoms. The van der Waals surface area contributed by atoms with Crippen LogP contribution in [0.5, 0.6) is 0 Å². The van der Waals surface area contributed by atoms with E-state index in [0.29, 0.717) is 87.8 Å². The van der Waals surface area contributed by atoms with Crippen molar-refractivity contribution in [3.05, 3.63) is 36.2 Å². The van der Waals surface area contributed by atoms with E-state index >= 15 is 0 Å². The Morgan fingerprint density at radius 2 is 1.74 bits per heavy atom. The van der Waals surface area contributed by atoms with E-state index in [9.17, 15) is 13.6 Å². The van der Waals surface area contributed by atoms with Crippen LogP contribution in [0.1, 0.15) is 18.7 Å². The fourth-order valence-electron chi connectivity index (χ4n) is 5.31. The van der Waals surface area contributed by atoms with Gasteiger partial charge in [-0.15, -0.1) is 0 Å². The van der Waals surface area contributed by atoms with E-state index in [4.69, 9.17) is 19.4 Å². The van der Waals surface area contributed by atoms with Gasteiger partial charge in [-0.1, -0.05) is 12.1 Å². The quantitative estimate of drug-likeness (QED) is 0.480. The number of ether oxygens (including phenoxy) is 2. The van der Waals surface area contributed by atoms with Crippen molar-refractivity contribution in [2.75, 3.05) is 82.5 Å². The zero-order valence-corrected chi connectivity index (χ0v) is 21.6. The minimum absolute atomic E-state index is 0.0203. The van der Waals surface area contributed by atoms with Crippen molar-refractivity contribution in [2.45, 2.75) is 18.9 Å². The topological polar surface area (TPSA) is 101 Å². The first-order chi connectivity index (χ1) is 19.0. The molecule has 0 bridgehead atoms. The number of carbonyl (C=O) groups is 1. The first-order valence-corrected chi connectivity index (χ1v) is 13.4. The van der Waals surface area contributed by atoms with Crippen LogP contribution >= 0.6 is 0 Å². The van der Waals surface area contributed by atoms with Gasteiger partial charge >= 0.3 is 0 Å². The molecule has 0 radical (unpaired) electrons. The van der Waals surface area contributed by atoms with Crippen LogP contribution in [0, 0.1) is 0 Å². The highest BCUT2D eigenvalue weighted by Gasteiger charge is 2.29. The molecule has 3 aliphatic rings. The van der Waals surface area contributed by atoms with Gasteiger partial charge in [0.15, 0.2) is 5.82 Å². The zero-order valence-electron chi connectivity index (χ0n) is 21.6. The number of alkyl halides is 2. The highest BCUT2D eigenvalue weighted by molar-refractivity contribution is 5.79. The number of halogens is 2. The van der Waals surface area contributed by atoms with Crippen LogP contribution in [0.4, 0.5) is 20.5 Å². The largest absolute Gasteiger partial charge is 0.379 e. The molecule has 5 heterocycles. The average molecular weight is 543 g/mol. The van der Waals surface area contributed by atoms with Crippen molar-refractivity contribution in [3.63, 3.8) is 0 Å². The number of benzene rings is 1. The van der Waals surface area contributed by atoms with E-state index in [1.807, 2.05) is 9.80 Å². The monoisotopic (exact) mass is 542 g/mol. The summed E-state index contributed by atoms with van der Waals surface area (Å²) in [5.74, 6) is 1.01. The van der Waals surface area contributed by atoms with Gasteiger partial charge in [0.05, 0.1) is 44.0 Å². The van der Waals surface area contributed by atoms with Crippen LogP contribution in [-0.2, 0) is 14.3 Å². The van der Waals surface area contributed by atoms with E-state index in [1.54, 1.807) is 30.3 Å². The minimum atomic E-state index is -2.78. The lowest BCUT2D eigenvalue weighted by Crippen LogP contribution is -2.44. The second kappa shape index (κ2) is 11.4. The molecule has 1 amide bonds. The van der Waals surface area contributed by atoms with Crippen LogP contribution in [0.3, 0.4) is 0 Å². The number of likely N-dealkylation sites (tertiary alicyclic amines) is 1. The number of hydrogen-bond donors (Lipinski definition) is 1. The molecule has 13 heteroatoms. The number of hydrogen-bond acceptors (Lipinski definition) is 9. The van der Waals surface area contributed by atoms with Gasteiger partial charge in [-0.25, -0.2) is 13.8 Å². The van der Waals surface area contributed by atoms with Gasteiger partial charge in [0.25, 0.3) is 6.43 Å². The van der Waals surface area contributed by atoms with Crippen LogP contribution in [0.2, 0.25) is 0 Å². The number of aromatic nitrogens is 4. The maximum absolute atomic E-state index is 14.1. The van der Waals surface area contributed by atoms with E-state index in [2.05, 4.69) is 15.2 Å². The minimum Gasteiger partial charge on any atom is -0.379 e. The fourth-order valence-corrected chi connectivity index (χ4v) is 5.31. The van der Waals surface area contributed by atoms with Crippen LogP contribution in [0.25, 0.3) is 16.9 Å². The van der Waals surface area contributed by atoms with Crippen molar-refractivity contribution in [1.29, 1.82) is 0 Å². The Kier molecular flexibility index (Phi) is 7.53. The second-order valence-corrected chi connectivity index (χ2v) is 9.96. The molecule has 1 atom stereocenters. The Balaban J connectivity index is 1.27. The molecule has 208 valence electrons. The van der Waals surface area contributed by atoms with Gasteiger partial charge in [-0.3, -0.25) is 14.3 Å². The molecule has 0 unspecified atom stereocenters. The Labute approximate surface area is 224 Å². The Morgan fingerprint density at radius 1 is 1.00 bits per heavy atom. The zero-order chi connectivity index (χ0) is 26.8. The number of fused-ring (bicyclic) bond motifs is 1. The number of nitrogens with one attached hydrogen (secondary N) is 1. The van der Waals surface area contributed by atoms with Crippen molar-refractivity contribution < 1.29 is 23.0 Å². The van der Waals surface area contributed by atoms with Gasteiger partial charge < -0.3 is 24.6 Å². The first kappa shape index (κ1) is 25.8. The summed E-state index contributed by atoms with van der Waals surface area (Å²) in [6.45, 7) is 6.69. The molecule has 1 N–H and O–H groups in total. The summed E-state index contributed by atoms with van der Waals surface area (Å²) in [5, 5.41) is 3.45. The Hall–Kier alpha value is -3.42. The molecule has 0 saturated carbocycles. The molecule has 3 aliphatic heterocycles. The lowest BCUT2D eigenvalue weighted by atomic mass is 10.2. The molecule has 6 rings (SSSR count). The molecule has 0 aliphatic carbocycles. The van der Waals surface area contributed by atoms with Crippen LogP contribution < -0.4 is 10.2 Å². The van der Waals surface area contributed by atoms with Crippen molar-refractivity contribution in [2.24, 2.45) is 0 Å². The van der Waals surface area contributed by atoms with Gasteiger partial charge in [-0.2, -0.15) is 9.97 Å². The number of morpholine rings is 2. The van der Waals surface area contributed by atoms with Gasteiger partial charge in [0.1, 0.15) is 11.6 Å². The number of carbonyl (C=O) groups excluding carboxylic acids is 1. The Bertz CT molecular complexity index is 1310. The van der Waals surface area contributed by atoms with Gasteiger partial charge in [0, 0.05) is 51.4 Å². The maximum Gasteiger partial charge on any atom is 0.296 e. The normalized spacial score (nSPS) is 20.7. The maximum atomic E-state index is 14.1. The number of anilines is 2. The lowest BCUT2D eigenvalue weighted by molar-refractivity contribution is -0.132. The fraction of sp³-hybridized carbons (Fsp3) is 0.538. The standard InChI is InChI=1S/C26H32F2N8O3/c27-24(28)25-30-19-3-1-2-4-20(19)36(25)22-15-21(31-26(32-22)34-9-13-39-14-10-34)29-18-5-6-35(16-18)23(37)17-33-7-11-38-12-8-33/h1-4,15,18,24H,5-14,16-17H2,(H,29,31,32)/t18-/m0/s1. The number of nitrogens with zero attached hydrogens (tertiary/aromatic N) is 7. The number of rotatable bonds is 7. The molecule has 11 nitrogen and oxygen atoms in total. The van der Waals surface area contributed by atoms with E-state index in [0.717, 1.165) is 19.5 Å². The third-order valence-corrected chi connectivity index (χ3v) is 7.36. The molecule has 3 saturated heterocycles. The summed E-state index contributed by atoms with van der Waals surface area (Å²) in [7, 11) is 0. The van der Waals surface area contributed by atoms with Crippen molar-refractivity contribution in [1.82, 2.24) is 29.3 Å². The molecular weight excluding hydrogens is 510 g/mol. The summed E-state index contributed by atoms with van der Waals surface area (Å²) in [4.78, 5) is 32.5. The highest BCUT2D eigenvalue weighted by Crippen LogP contribution is 2.29. The molecule has 3 aromatic rings. The summed E-state index contributed by atoms with van der Waals surface area (Å²) in [6.07, 6.45) is -2.02. The third-order valence-electron chi connectivity index (χ3n) is 7.36. The predicted molar refractivity (Wildman–Crippen MR) is 141 cm³/mol. The van der Waals surface area contributed by atoms with E-state index in [-0.39, 0.29) is 17.8 Å². The summed E-state index contributed by atoms with van der Waals surface area (Å²) >= 11 is 0. The van der Waals surface area contributed by atoms with Crippen molar-refractivity contribution >= 4 is 28.7 Å². The predicted octanol–water partition coefficient (Wildman–Crippen LogP) is 1.93. The third kappa shape index (κ3) is 5.65. The Morgan fingerprint density at radius 3 is 2.51 bits per heavy atom. The van der Waals surface area contributed by atoms with E-state index in [1.165, 1.54) is 4.57 Å². The number of imidazole rings is 1.